The Morgan fingerprint density at radius 1 is 1.16 bits per heavy atom. The Labute approximate surface area is 186 Å². The first kappa shape index (κ1) is 21.7. The van der Waals surface area contributed by atoms with E-state index in [1.54, 1.807) is 35.1 Å². The van der Waals surface area contributed by atoms with Crippen molar-refractivity contribution in [3.05, 3.63) is 47.3 Å². The van der Waals surface area contributed by atoms with Crippen molar-refractivity contribution in [2.24, 2.45) is 0 Å². The number of nitrogen functional groups attached to an aromatic ring is 1. The normalized spacial score (nSPS) is 11.5. The molecule has 0 fully saturated rings. The maximum absolute atomic E-state index is 10.6. The van der Waals surface area contributed by atoms with Crippen LogP contribution in [0.5, 0.6) is 0 Å². The van der Waals surface area contributed by atoms with Crippen molar-refractivity contribution in [2.75, 3.05) is 5.73 Å². The number of carbonyl (C=O) groups is 1. The molecule has 0 aliphatic rings. The van der Waals surface area contributed by atoms with Crippen LogP contribution < -0.4 is 5.73 Å². The van der Waals surface area contributed by atoms with E-state index in [0.717, 1.165) is 42.2 Å². The lowest BCUT2D eigenvalue weighted by atomic mass is 10.1. The lowest BCUT2D eigenvalue weighted by Crippen LogP contribution is -2.21. The summed E-state index contributed by atoms with van der Waals surface area (Å²) in [6.45, 7) is 1.99. The number of halogens is 3. The van der Waals surface area contributed by atoms with Gasteiger partial charge in [0.05, 0.1) is 14.6 Å². The number of carboxylic acids is 1. The molecule has 5 aromatic rings. The molecule has 12 heteroatoms. The molecule has 0 bridgehead atoms. The van der Waals surface area contributed by atoms with E-state index in [2.05, 4.69) is 20.3 Å². The summed E-state index contributed by atoms with van der Waals surface area (Å²) < 4.78 is 39.0. The van der Waals surface area contributed by atoms with Crippen molar-refractivity contribution in [3.8, 4) is 21.8 Å². The average Bonchev–Trinajstić information content (AvgIpc) is 3.46. The summed E-state index contributed by atoms with van der Waals surface area (Å²) >= 11 is 3.28. The van der Waals surface area contributed by atoms with Gasteiger partial charge in [0.25, 0.3) is 0 Å². The lowest BCUT2D eigenvalue weighted by molar-refractivity contribution is -0.192. The van der Waals surface area contributed by atoms with Crippen LogP contribution in [0, 0.1) is 6.92 Å². The van der Waals surface area contributed by atoms with Gasteiger partial charge in [0.2, 0.25) is 0 Å². The summed E-state index contributed by atoms with van der Waals surface area (Å²) in [6.07, 6.45) is 2.24. The summed E-state index contributed by atoms with van der Waals surface area (Å²) in [5, 5.41) is 12.3. The van der Waals surface area contributed by atoms with Gasteiger partial charge in [-0.05, 0) is 19.1 Å². The van der Waals surface area contributed by atoms with Gasteiger partial charge in [0, 0.05) is 52.1 Å². The number of aryl methyl sites for hydroxylation is 1. The number of nitrogens with zero attached hydrogens (tertiary/aromatic N) is 3. The van der Waals surface area contributed by atoms with E-state index < -0.39 is 12.1 Å². The Kier molecular flexibility index (Phi) is 5.57. The Balaban J connectivity index is 0.000000307. The van der Waals surface area contributed by atoms with Crippen LogP contribution in [-0.4, -0.2) is 32.2 Å². The SMILES string of the molecule is Cc1ncc(-c2cnc(N)c3oc(-c4csc5cnccc45)cc23)s1.O=C(O)C(F)(F)F. The van der Waals surface area contributed by atoms with E-state index in [4.69, 9.17) is 20.1 Å². The number of alkyl halides is 3. The van der Waals surface area contributed by atoms with E-state index in [0.29, 0.717) is 11.4 Å². The zero-order chi connectivity index (χ0) is 23.0. The first-order valence-electron chi connectivity index (χ1n) is 8.87. The van der Waals surface area contributed by atoms with Gasteiger partial charge in [-0.3, -0.25) is 4.98 Å². The number of aliphatic carboxylic acids is 1. The molecule has 164 valence electrons. The first-order valence-corrected chi connectivity index (χ1v) is 10.6. The molecule has 0 aliphatic carbocycles. The molecule has 0 unspecified atom stereocenters. The molecule has 0 amide bonds. The largest absolute Gasteiger partial charge is 0.490 e. The second-order valence-corrected chi connectivity index (χ2v) is 8.62. The third-order valence-corrected chi connectivity index (χ3v) is 6.24. The van der Waals surface area contributed by atoms with Crippen molar-refractivity contribution in [3.63, 3.8) is 0 Å². The van der Waals surface area contributed by atoms with Gasteiger partial charge in [0.1, 0.15) is 5.76 Å². The number of fused-ring (bicyclic) bond motifs is 2. The molecular weight excluding hydrogens is 465 g/mol. The minimum atomic E-state index is -5.08. The molecule has 7 nitrogen and oxygen atoms in total. The molecule has 5 aromatic heterocycles. The maximum atomic E-state index is 10.6. The molecule has 5 rings (SSSR count). The van der Waals surface area contributed by atoms with Crippen LogP contribution in [0.4, 0.5) is 19.0 Å². The van der Waals surface area contributed by atoms with Crippen molar-refractivity contribution in [1.82, 2.24) is 15.0 Å². The lowest BCUT2D eigenvalue weighted by Gasteiger charge is -1.99. The van der Waals surface area contributed by atoms with Crippen LogP contribution in [0.2, 0.25) is 0 Å². The van der Waals surface area contributed by atoms with E-state index in [1.807, 2.05) is 31.5 Å². The van der Waals surface area contributed by atoms with Crippen molar-refractivity contribution in [1.29, 1.82) is 0 Å². The number of aromatic nitrogens is 3. The summed E-state index contributed by atoms with van der Waals surface area (Å²) in [4.78, 5) is 22.8. The fourth-order valence-electron chi connectivity index (χ4n) is 2.93. The number of thiazole rings is 1. The highest BCUT2D eigenvalue weighted by Gasteiger charge is 2.38. The first-order chi connectivity index (χ1) is 15.1. The number of pyridine rings is 2. The highest BCUT2D eigenvalue weighted by molar-refractivity contribution is 7.17. The van der Waals surface area contributed by atoms with Gasteiger partial charge in [-0.2, -0.15) is 13.2 Å². The number of anilines is 1. The number of furan rings is 1. The third kappa shape index (κ3) is 4.14. The molecule has 0 aliphatic heterocycles. The fourth-order valence-corrected chi connectivity index (χ4v) is 4.65. The third-order valence-electron chi connectivity index (χ3n) is 4.36. The summed E-state index contributed by atoms with van der Waals surface area (Å²) in [7, 11) is 0. The van der Waals surface area contributed by atoms with E-state index >= 15 is 0 Å². The number of thiophene rings is 1. The maximum Gasteiger partial charge on any atom is 0.490 e. The van der Waals surface area contributed by atoms with Crippen molar-refractivity contribution in [2.45, 2.75) is 13.1 Å². The second kappa shape index (κ2) is 8.20. The fraction of sp³-hybridized carbons (Fsp3) is 0.100. The zero-order valence-corrected chi connectivity index (χ0v) is 17.8. The average molecular weight is 478 g/mol. The molecule has 0 spiro atoms. The van der Waals surface area contributed by atoms with Crippen LogP contribution in [0.3, 0.4) is 0 Å². The van der Waals surface area contributed by atoms with Crippen LogP contribution in [0.15, 0.2) is 46.7 Å². The molecule has 0 radical (unpaired) electrons. The number of nitrogens with two attached hydrogens (primary N) is 1. The number of hydrogen-bond acceptors (Lipinski definition) is 8. The molecule has 0 aromatic carbocycles. The van der Waals surface area contributed by atoms with Gasteiger partial charge in [-0.25, -0.2) is 14.8 Å². The number of rotatable bonds is 2. The van der Waals surface area contributed by atoms with E-state index in [-0.39, 0.29) is 0 Å². The van der Waals surface area contributed by atoms with E-state index in [1.165, 1.54) is 0 Å². The minimum Gasteiger partial charge on any atom is -0.475 e. The molecule has 0 saturated heterocycles. The highest BCUT2D eigenvalue weighted by atomic mass is 32.1. The standard InChI is InChI=1S/C18H12N4OS2.C2HF3O2/c1-9-21-7-16(25-9)12-5-22-18(19)17-11(12)4-14(23-17)13-8-24-15-6-20-3-2-10(13)15;3-2(4,5)1(6)7/h2-8H,1H3,(H2,19,22);(H,6,7). The van der Waals surface area contributed by atoms with Gasteiger partial charge >= 0.3 is 12.1 Å². The van der Waals surface area contributed by atoms with Gasteiger partial charge < -0.3 is 15.3 Å². The molecule has 3 N–H and O–H groups in total. The molecule has 0 saturated carbocycles. The van der Waals surface area contributed by atoms with Crippen LogP contribution in [0.1, 0.15) is 5.01 Å². The zero-order valence-electron chi connectivity index (χ0n) is 16.2. The Morgan fingerprint density at radius 3 is 2.56 bits per heavy atom. The minimum absolute atomic E-state index is 0.396. The molecule has 5 heterocycles. The predicted octanol–water partition coefficient (Wildman–Crippen LogP) is 5.75. The predicted molar refractivity (Wildman–Crippen MR) is 117 cm³/mol. The summed E-state index contributed by atoms with van der Waals surface area (Å²) in [6, 6.07) is 4.04. The number of carboxylic acid groups (broad SMARTS) is 1. The van der Waals surface area contributed by atoms with Gasteiger partial charge in [-0.1, -0.05) is 0 Å². The quantitative estimate of drug-likeness (QED) is 0.332. The van der Waals surface area contributed by atoms with Crippen molar-refractivity contribution < 1.29 is 27.5 Å². The summed E-state index contributed by atoms with van der Waals surface area (Å²) in [5.74, 6) is -1.57. The van der Waals surface area contributed by atoms with Crippen LogP contribution in [-0.2, 0) is 4.79 Å². The Bertz CT molecular complexity index is 1440. The van der Waals surface area contributed by atoms with Crippen molar-refractivity contribution >= 4 is 55.5 Å². The Morgan fingerprint density at radius 2 is 1.91 bits per heavy atom. The molecule has 32 heavy (non-hydrogen) atoms. The van der Waals surface area contributed by atoms with E-state index in [9.17, 15) is 13.2 Å². The van der Waals surface area contributed by atoms with Crippen LogP contribution in [0.25, 0.3) is 42.8 Å². The highest BCUT2D eigenvalue weighted by Crippen LogP contribution is 2.41. The topological polar surface area (TPSA) is 115 Å². The molecular formula is C20H13F3N4O3S2. The second-order valence-electron chi connectivity index (χ2n) is 6.48. The Hall–Kier alpha value is -3.51. The monoisotopic (exact) mass is 478 g/mol. The summed E-state index contributed by atoms with van der Waals surface area (Å²) in [5.41, 5.74) is 8.72. The number of hydrogen-bond donors (Lipinski definition) is 2. The van der Waals surface area contributed by atoms with Gasteiger partial charge in [0.15, 0.2) is 11.4 Å². The van der Waals surface area contributed by atoms with Crippen LogP contribution >= 0.6 is 22.7 Å². The van der Waals surface area contributed by atoms with Gasteiger partial charge in [-0.15, -0.1) is 22.7 Å². The smallest absolute Gasteiger partial charge is 0.475 e. The molecule has 0 atom stereocenters.